The molecule has 1 heterocycles. The van der Waals surface area contributed by atoms with Gasteiger partial charge < -0.3 is 10.1 Å². The Morgan fingerprint density at radius 3 is 2.88 bits per heavy atom. The minimum Gasteiger partial charge on any atom is -0.379 e. The van der Waals surface area contributed by atoms with Crippen LogP contribution in [0.3, 0.4) is 0 Å². The first kappa shape index (κ1) is 11.9. The predicted molar refractivity (Wildman–Crippen MR) is 65.3 cm³/mol. The number of nitrogens with zero attached hydrogens (tertiary/aromatic N) is 1. The van der Waals surface area contributed by atoms with E-state index in [1.54, 1.807) is 13.0 Å². The highest BCUT2D eigenvalue weighted by Gasteiger charge is 2.30. The molecule has 5 heteroatoms. The Morgan fingerprint density at radius 1 is 1.53 bits per heavy atom. The summed E-state index contributed by atoms with van der Waals surface area (Å²) in [6.07, 6.45) is 0.912. The number of benzene rings is 1. The maximum Gasteiger partial charge on any atom is 0.274 e. The molecular formula is C12H16N2O3. The molecule has 0 spiro atoms. The highest BCUT2D eigenvalue weighted by Crippen LogP contribution is 2.30. The van der Waals surface area contributed by atoms with Gasteiger partial charge in [-0.3, -0.25) is 10.1 Å². The van der Waals surface area contributed by atoms with Crippen molar-refractivity contribution in [1.29, 1.82) is 0 Å². The molecule has 1 aliphatic rings. The summed E-state index contributed by atoms with van der Waals surface area (Å²) in [6.45, 7) is 5.20. The molecule has 1 atom stereocenters. The first-order valence-corrected chi connectivity index (χ1v) is 5.62. The molecule has 1 fully saturated rings. The van der Waals surface area contributed by atoms with Gasteiger partial charge >= 0.3 is 0 Å². The fourth-order valence-corrected chi connectivity index (χ4v) is 2.05. The van der Waals surface area contributed by atoms with Crippen molar-refractivity contribution in [2.75, 3.05) is 18.5 Å². The molecule has 0 amide bonds. The second-order valence-electron chi connectivity index (χ2n) is 4.70. The standard InChI is InChI=1S/C12H16N2O3/c1-9-10(4-3-5-11(9)14(15)16)13-12(2)6-7-17-8-12/h3-5,13H,6-8H2,1-2H3. The van der Waals surface area contributed by atoms with E-state index in [1.165, 1.54) is 6.07 Å². The van der Waals surface area contributed by atoms with Crippen molar-refractivity contribution >= 4 is 11.4 Å². The second kappa shape index (κ2) is 4.33. The number of rotatable bonds is 3. The minimum atomic E-state index is -0.353. The van der Waals surface area contributed by atoms with Crippen LogP contribution in [0.2, 0.25) is 0 Å². The molecule has 0 radical (unpaired) electrons. The molecule has 0 aliphatic carbocycles. The lowest BCUT2D eigenvalue weighted by atomic mass is 10.0. The summed E-state index contributed by atoms with van der Waals surface area (Å²) in [6, 6.07) is 5.09. The summed E-state index contributed by atoms with van der Waals surface area (Å²) in [5, 5.41) is 14.2. The molecule has 2 rings (SSSR count). The van der Waals surface area contributed by atoms with Crippen molar-refractivity contribution in [1.82, 2.24) is 0 Å². The quantitative estimate of drug-likeness (QED) is 0.647. The van der Waals surface area contributed by atoms with E-state index in [2.05, 4.69) is 12.2 Å². The number of nitro benzene ring substituents is 1. The average molecular weight is 236 g/mol. The van der Waals surface area contributed by atoms with Gasteiger partial charge in [0.25, 0.3) is 5.69 Å². The van der Waals surface area contributed by atoms with Gasteiger partial charge in [-0.15, -0.1) is 0 Å². The highest BCUT2D eigenvalue weighted by molar-refractivity contribution is 5.60. The average Bonchev–Trinajstić information content (AvgIpc) is 2.68. The van der Waals surface area contributed by atoms with E-state index in [1.807, 2.05) is 6.07 Å². The molecule has 0 saturated carbocycles. The van der Waals surface area contributed by atoms with Gasteiger partial charge in [-0.25, -0.2) is 0 Å². The number of hydrogen-bond donors (Lipinski definition) is 1. The number of hydrogen-bond acceptors (Lipinski definition) is 4. The van der Waals surface area contributed by atoms with E-state index in [-0.39, 0.29) is 16.1 Å². The zero-order chi connectivity index (χ0) is 12.5. The lowest BCUT2D eigenvalue weighted by molar-refractivity contribution is -0.385. The molecule has 5 nitrogen and oxygen atoms in total. The molecule has 0 aromatic heterocycles. The molecule has 1 N–H and O–H groups in total. The van der Waals surface area contributed by atoms with Crippen molar-refractivity contribution in [3.63, 3.8) is 0 Å². The molecule has 1 aromatic carbocycles. The molecule has 1 unspecified atom stereocenters. The fraction of sp³-hybridized carbons (Fsp3) is 0.500. The van der Waals surface area contributed by atoms with E-state index >= 15 is 0 Å². The number of ether oxygens (including phenoxy) is 1. The molecular weight excluding hydrogens is 220 g/mol. The Kier molecular flexibility index (Phi) is 3.02. The molecule has 1 aromatic rings. The summed E-state index contributed by atoms with van der Waals surface area (Å²) in [7, 11) is 0. The van der Waals surface area contributed by atoms with E-state index in [0.29, 0.717) is 12.2 Å². The minimum absolute atomic E-state index is 0.125. The summed E-state index contributed by atoms with van der Waals surface area (Å²) in [5.41, 5.74) is 1.51. The van der Waals surface area contributed by atoms with Crippen LogP contribution >= 0.6 is 0 Å². The van der Waals surface area contributed by atoms with Crippen LogP contribution in [0.1, 0.15) is 18.9 Å². The summed E-state index contributed by atoms with van der Waals surface area (Å²) < 4.78 is 5.35. The van der Waals surface area contributed by atoms with Crippen LogP contribution in [0, 0.1) is 17.0 Å². The van der Waals surface area contributed by atoms with Crippen LogP contribution in [0.15, 0.2) is 18.2 Å². The van der Waals surface area contributed by atoms with Gasteiger partial charge in [-0.1, -0.05) is 6.07 Å². The maximum atomic E-state index is 10.8. The van der Waals surface area contributed by atoms with Gasteiger partial charge in [0.05, 0.1) is 17.1 Å². The number of anilines is 1. The van der Waals surface area contributed by atoms with Crippen molar-refractivity contribution in [3.05, 3.63) is 33.9 Å². The third kappa shape index (κ3) is 2.39. The molecule has 92 valence electrons. The Morgan fingerprint density at radius 2 is 2.29 bits per heavy atom. The van der Waals surface area contributed by atoms with Gasteiger partial charge in [0.2, 0.25) is 0 Å². The van der Waals surface area contributed by atoms with Crippen molar-refractivity contribution in [2.24, 2.45) is 0 Å². The summed E-state index contributed by atoms with van der Waals surface area (Å²) in [5.74, 6) is 0. The van der Waals surface area contributed by atoms with E-state index in [9.17, 15) is 10.1 Å². The molecule has 17 heavy (non-hydrogen) atoms. The summed E-state index contributed by atoms with van der Waals surface area (Å²) >= 11 is 0. The summed E-state index contributed by atoms with van der Waals surface area (Å²) in [4.78, 5) is 10.5. The lowest BCUT2D eigenvalue weighted by Crippen LogP contribution is -2.35. The van der Waals surface area contributed by atoms with E-state index in [0.717, 1.165) is 18.7 Å². The third-order valence-corrected chi connectivity index (χ3v) is 3.16. The van der Waals surface area contributed by atoms with Crippen LogP contribution in [0.25, 0.3) is 0 Å². The van der Waals surface area contributed by atoms with Crippen molar-refractivity contribution in [3.8, 4) is 0 Å². The maximum absolute atomic E-state index is 10.8. The van der Waals surface area contributed by atoms with Gasteiger partial charge in [0.1, 0.15) is 0 Å². The fourth-order valence-electron chi connectivity index (χ4n) is 2.05. The zero-order valence-corrected chi connectivity index (χ0v) is 10.0. The van der Waals surface area contributed by atoms with Gasteiger partial charge in [-0.2, -0.15) is 0 Å². The van der Waals surface area contributed by atoms with Crippen LogP contribution in [-0.2, 0) is 4.74 Å². The van der Waals surface area contributed by atoms with Crippen LogP contribution in [-0.4, -0.2) is 23.7 Å². The monoisotopic (exact) mass is 236 g/mol. The molecule has 1 saturated heterocycles. The topological polar surface area (TPSA) is 64.4 Å². The zero-order valence-electron chi connectivity index (χ0n) is 10.0. The van der Waals surface area contributed by atoms with Crippen LogP contribution < -0.4 is 5.32 Å². The third-order valence-electron chi connectivity index (χ3n) is 3.16. The predicted octanol–water partition coefficient (Wildman–Crippen LogP) is 2.49. The molecule has 1 aliphatic heterocycles. The smallest absolute Gasteiger partial charge is 0.274 e. The first-order chi connectivity index (χ1) is 8.02. The van der Waals surface area contributed by atoms with Gasteiger partial charge in [0.15, 0.2) is 0 Å². The van der Waals surface area contributed by atoms with Crippen molar-refractivity contribution in [2.45, 2.75) is 25.8 Å². The van der Waals surface area contributed by atoms with Crippen LogP contribution in [0.4, 0.5) is 11.4 Å². The first-order valence-electron chi connectivity index (χ1n) is 5.62. The normalized spacial score (nSPS) is 23.6. The Balaban J connectivity index is 2.27. The lowest BCUT2D eigenvalue weighted by Gasteiger charge is -2.25. The number of nitro groups is 1. The van der Waals surface area contributed by atoms with Crippen molar-refractivity contribution < 1.29 is 9.66 Å². The Labute approximate surface area is 99.9 Å². The van der Waals surface area contributed by atoms with E-state index in [4.69, 9.17) is 4.74 Å². The van der Waals surface area contributed by atoms with Gasteiger partial charge in [0, 0.05) is 23.9 Å². The van der Waals surface area contributed by atoms with Gasteiger partial charge in [-0.05, 0) is 26.3 Å². The molecule has 0 bridgehead atoms. The Hall–Kier alpha value is -1.62. The number of nitrogens with one attached hydrogen (secondary N) is 1. The Bertz CT molecular complexity index is 439. The largest absolute Gasteiger partial charge is 0.379 e. The van der Waals surface area contributed by atoms with Crippen LogP contribution in [0.5, 0.6) is 0 Å². The second-order valence-corrected chi connectivity index (χ2v) is 4.70. The van der Waals surface area contributed by atoms with E-state index < -0.39 is 0 Å². The SMILES string of the molecule is Cc1c(NC2(C)CCOC2)cccc1[N+](=O)[O-]. The highest BCUT2D eigenvalue weighted by atomic mass is 16.6.